The summed E-state index contributed by atoms with van der Waals surface area (Å²) in [5.41, 5.74) is 0.766. The average Bonchev–Trinajstić information content (AvgIpc) is 3.22. The van der Waals surface area contributed by atoms with E-state index in [2.05, 4.69) is 5.32 Å². The average molecular weight is 346 g/mol. The van der Waals surface area contributed by atoms with E-state index in [1.165, 1.54) is 0 Å². The first kappa shape index (κ1) is 17.3. The van der Waals surface area contributed by atoms with Crippen LogP contribution in [0.1, 0.15) is 32.1 Å². The van der Waals surface area contributed by atoms with Gasteiger partial charge in [0.25, 0.3) is 5.91 Å². The van der Waals surface area contributed by atoms with Crippen LogP contribution in [0.25, 0.3) is 0 Å². The molecule has 0 spiro atoms. The second-order valence-corrected chi connectivity index (χ2v) is 6.48. The molecule has 25 heavy (non-hydrogen) atoms. The molecule has 1 saturated carbocycles. The summed E-state index contributed by atoms with van der Waals surface area (Å²) in [7, 11) is 0. The fraction of sp³-hybridized carbons (Fsp3) is 0.500. The molecule has 0 radical (unpaired) electrons. The van der Waals surface area contributed by atoms with E-state index in [9.17, 15) is 14.4 Å². The zero-order valence-corrected chi connectivity index (χ0v) is 13.9. The molecule has 1 aliphatic carbocycles. The molecule has 0 aromatic heterocycles. The number of benzene rings is 1. The van der Waals surface area contributed by atoms with Crippen molar-refractivity contribution in [3.05, 3.63) is 24.3 Å². The summed E-state index contributed by atoms with van der Waals surface area (Å²) >= 11 is 0. The summed E-state index contributed by atoms with van der Waals surface area (Å²) in [4.78, 5) is 36.7. The van der Waals surface area contributed by atoms with Gasteiger partial charge < -0.3 is 20.1 Å². The van der Waals surface area contributed by atoms with Crippen LogP contribution in [0.3, 0.4) is 0 Å². The number of aliphatic carboxylic acids is 1. The summed E-state index contributed by atoms with van der Waals surface area (Å²) in [6, 6.07) is 6.76. The maximum Gasteiger partial charge on any atom is 0.308 e. The topological polar surface area (TPSA) is 95.9 Å². The molecule has 1 aliphatic heterocycles. The molecule has 7 nitrogen and oxygen atoms in total. The highest BCUT2D eigenvalue weighted by atomic mass is 16.5. The Labute approximate surface area is 146 Å². The van der Waals surface area contributed by atoms with Crippen LogP contribution in [-0.4, -0.2) is 42.1 Å². The molecule has 1 aromatic carbocycles. The number of hydrogen-bond donors (Lipinski definition) is 2. The van der Waals surface area contributed by atoms with Crippen LogP contribution in [0.15, 0.2) is 24.3 Å². The number of amides is 2. The first-order valence-corrected chi connectivity index (χ1v) is 8.60. The van der Waals surface area contributed by atoms with Crippen molar-refractivity contribution in [3.8, 4) is 5.75 Å². The minimum absolute atomic E-state index is 0.0934. The van der Waals surface area contributed by atoms with E-state index in [4.69, 9.17) is 9.84 Å². The smallest absolute Gasteiger partial charge is 0.308 e. The third-order valence-electron chi connectivity index (χ3n) is 4.75. The van der Waals surface area contributed by atoms with Crippen LogP contribution < -0.4 is 15.0 Å². The number of ether oxygens (including phenoxy) is 1. The van der Waals surface area contributed by atoms with Gasteiger partial charge in [-0.25, -0.2) is 0 Å². The number of rotatable bonds is 6. The van der Waals surface area contributed by atoms with Crippen molar-refractivity contribution < 1.29 is 24.2 Å². The van der Waals surface area contributed by atoms with Crippen molar-refractivity contribution in [1.82, 2.24) is 5.32 Å². The van der Waals surface area contributed by atoms with Gasteiger partial charge in [-0.2, -0.15) is 0 Å². The highest BCUT2D eigenvalue weighted by Crippen LogP contribution is 2.26. The van der Waals surface area contributed by atoms with E-state index in [1.54, 1.807) is 23.1 Å². The zero-order valence-electron chi connectivity index (χ0n) is 13.9. The van der Waals surface area contributed by atoms with Crippen LogP contribution in [0, 0.1) is 5.92 Å². The molecule has 2 N–H and O–H groups in total. The molecule has 1 heterocycles. The first-order chi connectivity index (χ1) is 12.0. The van der Waals surface area contributed by atoms with E-state index >= 15 is 0 Å². The highest BCUT2D eigenvalue weighted by Gasteiger charge is 2.33. The predicted octanol–water partition coefficient (Wildman–Crippen LogP) is 1.56. The Morgan fingerprint density at radius 2 is 2.12 bits per heavy atom. The fourth-order valence-corrected chi connectivity index (χ4v) is 3.49. The van der Waals surface area contributed by atoms with Gasteiger partial charge in [0, 0.05) is 30.8 Å². The molecule has 7 heteroatoms. The Bertz CT molecular complexity index is 675. The number of carbonyl (C=O) groups is 3. The lowest BCUT2D eigenvalue weighted by atomic mass is 10.0. The molecule has 134 valence electrons. The van der Waals surface area contributed by atoms with E-state index in [0.29, 0.717) is 31.6 Å². The molecule has 2 aliphatic rings. The van der Waals surface area contributed by atoms with Crippen molar-refractivity contribution >= 4 is 23.5 Å². The highest BCUT2D eigenvalue weighted by molar-refractivity contribution is 5.95. The van der Waals surface area contributed by atoms with E-state index in [1.807, 2.05) is 6.07 Å². The summed E-state index contributed by atoms with van der Waals surface area (Å²) < 4.78 is 5.51. The fourth-order valence-electron chi connectivity index (χ4n) is 3.49. The number of carboxylic acids is 1. The van der Waals surface area contributed by atoms with Crippen LogP contribution in [0.2, 0.25) is 0 Å². The van der Waals surface area contributed by atoms with E-state index in [-0.39, 0.29) is 24.5 Å². The van der Waals surface area contributed by atoms with Crippen molar-refractivity contribution in [2.24, 2.45) is 5.92 Å². The number of hydrogen-bond acceptors (Lipinski definition) is 4. The number of nitrogens with zero attached hydrogens (tertiary/aromatic N) is 1. The molecule has 3 rings (SSSR count). The molecule has 2 atom stereocenters. The third-order valence-corrected chi connectivity index (χ3v) is 4.75. The minimum Gasteiger partial charge on any atom is -0.484 e. The number of anilines is 1. The Morgan fingerprint density at radius 1 is 1.28 bits per heavy atom. The predicted molar refractivity (Wildman–Crippen MR) is 90.4 cm³/mol. The summed E-state index contributed by atoms with van der Waals surface area (Å²) in [5, 5.41) is 11.9. The quantitative estimate of drug-likeness (QED) is 0.815. The number of carbonyl (C=O) groups excluding carboxylic acids is 2. The summed E-state index contributed by atoms with van der Waals surface area (Å²) in [6.07, 6.45) is 3.47. The van der Waals surface area contributed by atoms with Crippen LogP contribution >= 0.6 is 0 Å². The maximum atomic E-state index is 12.0. The molecule has 2 fully saturated rings. The second-order valence-electron chi connectivity index (χ2n) is 6.48. The molecular weight excluding hydrogens is 324 g/mol. The maximum absolute atomic E-state index is 12.0. The lowest BCUT2D eigenvalue weighted by molar-refractivity contribution is -0.142. The van der Waals surface area contributed by atoms with Crippen LogP contribution in [0.4, 0.5) is 5.69 Å². The largest absolute Gasteiger partial charge is 0.484 e. The monoisotopic (exact) mass is 346 g/mol. The van der Waals surface area contributed by atoms with Crippen molar-refractivity contribution in [2.75, 3.05) is 18.1 Å². The summed E-state index contributed by atoms with van der Waals surface area (Å²) in [5.74, 6) is -1.12. The Balaban J connectivity index is 1.54. The van der Waals surface area contributed by atoms with Crippen LogP contribution in [0.5, 0.6) is 5.75 Å². The van der Waals surface area contributed by atoms with Gasteiger partial charge in [-0.05, 0) is 31.4 Å². The molecular formula is C18H22N2O5. The molecule has 0 unspecified atom stereocenters. The Morgan fingerprint density at radius 3 is 2.84 bits per heavy atom. The Kier molecular flexibility index (Phi) is 5.21. The van der Waals surface area contributed by atoms with Crippen molar-refractivity contribution in [1.29, 1.82) is 0 Å². The van der Waals surface area contributed by atoms with E-state index < -0.39 is 11.9 Å². The van der Waals surface area contributed by atoms with Crippen LogP contribution in [-0.2, 0) is 14.4 Å². The molecule has 2 amide bonds. The normalized spacial score (nSPS) is 22.9. The lowest BCUT2D eigenvalue weighted by Gasteiger charge is -2.18. The van der Waals surface area contributed by atoms with Gasteiger partial charge in [0.2, 0.25) is 5.91 Å². The first-order valence-electron chi connectivity index (χ1n) is 8.60. The molecule has 0 bridgehead atoms. The SMILES string of the molecule is O=C(COc1cccc(N2CCCC2=O)c1)N[C@H]1CCC[C@H]1C(=O)O. The van der Waals surface area contributed by atoms with Gasteiger partial charge in [-0.15, -0.1) is 0 Å². The van der Waals surface area contributed by atoms with E-state index in [0.717, 1.165) is 18.5 Å². The molecule has 1 saturated heterocycles. The van der Waals surface area contributed by atoms with Gasteiger partial charge in [-0.3, -0.25) is 14.4 Å². The van der Waals surface area contributed by atoms with Crippen molar-refractivity contribution in [3.63, 3.8) is 0 Å². The van der Waals surface area contributed by atoms with Gasteiger partial charge in [0.1, 0.15) is 5.75 Å². The number of carboxylic acid groups (broad SMARTS) is 1. The van der Waals surface area contributed by atoms with Gasteiger partial charge >= 0.3 is 5.97 Å². The lowest BCUT2D eigenvalue weighted by Crippen LogP contribution is -2.42. The third kappa shape index (κ3) is 4.10. The summed E-state index contributed by atoms with van der Waals surface area (Å²) in [6.45, 7) is 0.515. The standard InChI is InChI=1S/C18H22N2O5/c21-16(19-15-7-2-6-14(15)18(23)24)11-25-13-5-1-4-12(10-13)20-9-3-8-17(20)22/h1,4-5,10,14-15H,2-3,6-9,11H2,(H,19,21)(H,23,24)/t14-,15+/m1/s1. The minimum atomic E-state index is -0.869. The van der Waals surface area contributed by atoms with Gasteiger partial charge in [0.15, 0.2) is 6.61 Å². The van der Waals surface area contributed by atoms with Gasteiger partial charge in [-0.1, -0.05) is 12.5 Å². The zero-order chi connectivity index (χ0) is 17.8. The van der Waals surface area contributed by atoms with Crippen molar-refractivity contribution in [2.45, 2.75) is 38.1 Å². The number of nitrogens with one attached hydrogen (secondary N) is 1. The second kappa shape index (κ2) is 7.55. The molecule has 1 aromatic rings. The van der Waals surface area contributed by atoms with Gasteiger partial charge in [0.05, 0.1) is 5.92 Å². The Hall–Kier alpha value is -2.57.